The first-order valence-electron chi connectivity index (χ1n) is 7.40. The highest BCUT2D eigenvalue weighted by Gasteiger charge is 2.37. The molecule has 3 N–H and O–H groups in total. The van der Waals surface area contributed by atoms with Crippen LogP contribution in [0.25, 0.3) is 0 Å². The van der Waals surface area contributed by atoms with E-state index in [2.05, 4.69) is 11.6 Å². The Bertz CT molecular complexity index is 581. The van der Waals surface area contributed by atoms with Crippen LogP contribution in [0.5, 0.6) is 0 Å². The van der Waals surface area contributed by atoms with Gasteiger partial charge in [-0.3, -0.25) is 0 Å². The van der Waals surface area contributed by atoms with Crippen LogP contribution >= 0.6 is 0 Å². The van der Waals surface area contributed by atoms with Gasteiger partial charge in [-0.1, -0.05) is 19.4 Å². The fourth-order valence-corrected chi connectivity index (χ4v) is 4.47. The molecule has 1 saturated carbocycles. The van der Waals surface area contributed by atoms with Crippen molar-refractivity contribution in [1.29, 1.82) is 0 Å². The number of halogens is 1. The summed E-state index contributed by atoms with van der Waals surface area (Å²) in [6.45, 7) is 2.41. The molecule has 2 rings (SSSR count). The summed E-state index contributed by atoms with van der Waals surface area (Å²) in [5, 5.41) is 0. The van der Waals surface area contributed by atoms with Crippen molar-refractivity contribution in [2.45, 2.75) is 49.5 Å². The van der Waals surface area contributed by atoms with Crippen LogP contribution < -0.4 is 10.5 Å². The summed E-state index contributed by atoms with van der Waals surface area (Å²) in [6, 6.07) is 5.05. The highest BCUT2D eigenvalue weighted by Crippen LogP contribution is 2.34. The summed E-state index contributed by atoms with van der Waals surface area (Å²) >= 11 is 0. The molecule has 6 heteroatoms. The molecule has 1 aromatic carbocycles. The summed E-state index contributed by atoms with van der Waals surface area (Å²) < 4.78 is 40.8. The Hall–Kier alpha value is -0.980. The minimum atomic E-state index is -3.75. The predicted octanol–water partition coefficient (Wildman–Crippen LogP) is 2.40. The van der Waals surface area contributed by atoms with Gasteiger partial charge in [0, 0.05) is 12.1 Å². The monoisotopic (exact) mass is 314 g/mol. The zero-order chi connectivity index (χ0) is 15.5. The van der Waals surface area contributed by atoms with Crippen LogP contribution in [-0.2, 0) is 10.0 Å². The second-order valence-corrected chi connectivity index (χ2v) is 7.58. The standard InChI is InChI=1S/C15H23FN2O2S/c1-2-12-6-8-15(11-17,9-7-12)18-21(19,20)14-5-3-4-13(16)10-14/h3-5,10,12,18H,2,6-9,11,17H2,1H3. The van der Waals surface area contributed by atoms with E-state index in [9.17, 15) is 12.8 Å². The Labute approximate surface area is 126 Å². The number of hydrogen-bond acceptors (Lipinski definition) is 3. The first-order valence-corrected chi connectivity index (χ1v) is 8.89. The molecule has 118 valence electrons. The van der Waals surface area contributed by atoms with Gasteiger partial charge in [-0.25, -0.2) is 17.5 Å². The Morgan fingerprint density at radius 3 is 2.57 bits per heavy atom. The molecule has 1 fully saturated rings. The molecule has 0 aliphatic heterocycles. The number of nitrogens with two attached hydrogens (primary N) is 1. The third-order valence-electron chi connectivity index (χ3n) is 4.49. The molecule has 4 nitrogen and oxygen atoms in total. The summed E-state index contributed by atoms with van der Waals surface area (Å²) in [6.07, 6.45) is 4.52. The number of hydrogen-bond donors (Lipinski definition) is 2. The van der Waals surface area contributed by atoms with E-state index in [1.165, 1.54) is 18.2 Å². The van der Waals surface area contributed by atoms with Gasteiger partial charge in [0.05, 0.1) is 4.90 Å². The first-order chi connectivity index (χ1) is 9.91. The molecule has 0 heterocycles. The van der Waals surface area contributed by atoms with Gasteiger partial charge in [0.2, 0.25) is 10.0 Å². The Kier molecular flexibility index (Phi) is 5.01. The lowest BCUT2D eigenvalue weighted by Gasteiger charge is -2.39. The minimum Gasteiger partial charge on any atom is -0.329 e. The van der Waals surface area contributed by atoms with Gasteiger partial charge < -0.3 is 5.73 Å². The van der Waals surface area contributed by atoms with Crippen LogP contribution in [0.4, 0.5) is 4.39 Å². The molecule has 0 bridgehead atoms. The van der Waals surface area contributed by atoms with Crippen molar-refractivity contribution < 1.29 is 12.8 Å². The number of sulfonamides is 1. The topological polar surface area (TPSA) is 72.2 Å². The fraction of sp³-hybridized carbons (Fsp3) is 0.600. The van der Waals surface area contributed by atoms with Crippen LogP contribution in [0.15, 0.2) is 29.2 Å². The van der Waals surface area contributed by atoms with Crippen molar-refractivity contribution in [3.05, 3.63) is 30.1 Å². The van der Waals surface area contributed by atoms with Crippen LogP contribution in [0, 0.1) is 11.7 Å². The SMILES string of the molecule is CCC1CCC(CN)(NS(=O)(=O)c2cccc(F)c2)CC1. The average molecular weight is 314 g/mol. The number of nitrogens with one attached hydrogen (secondary N) is 1. The molecule has 1 aromatic rings. The lowest BCUT2D eigenvalue weighted by Crippen LogP contribution is -2.55. The normalized spacial score (nSPS) is 26.7. The van der Waals surface area contributed by atoms with E-state index in [0.717, 1.165) is 38.2 Å². The highest BCUT2D eigenvalue weighted by molar-refractivity contribution is 7.89. The van der Waals surface area contributed by atoms with Crippen molar-refractivity contribution in [3.8, 4) is 0 Å². The molecule has 0 atom stereocenters. The van der Waals surface area contributed by atoms with Crippen molar-refractivity contribution in [2.75, 3.05) is 6.54 Å². The third kappa shape index (κ3) is 3.81. The first kappa shape index (κ1) is 16.4. The van der Waals surface area contributed by atoms with E-state index >= 15 is 0 Å². The number of rotatable bonds is 5. The quantitative estimate of drug-likeness (QED) is 0.876. The van der Waals surface area contributed by atoms with E-state index in [1.807, 2.05) is 0 Å². The zero-order valence-corrected chi connectivity index (χ0v) is 13.1. The maximum Gasteiger partial charge on any atom is 0.241 e. The smallest absolute Gasteiger partial charge is 0.241 e. The van der Waals surface area contributed by atoms with E-state index < -0.39 is 21.4 Å². The Morgan fingerprint density at radius 1 is 1.38 bits per heavy atom. The van der Waals surface area contributed by atoms with Crippen LogP contribution in [0.2, 0.25) is 0 Å². The second kappa shape index (κ2) is 6.42. The molecular formula is C15H23FN2O2S. The second-order valence-electron chi connectivity index (χ2n) is 5.90. The van der Waals surface area contributed by atoms with E-state index in [0.29, 0.717) is 5.92 Å². The lowest BCUT2D eigenvalue weighted by atomic mass is 9.76. The molecule has 0 spiro atoms. The molecule has 1 aliphatic carbocycles. The molecule has 0 aromatic heterocycles. The number of benzene rings is 1. The zero-order valence-electron chi connectivity index (χ0n) is 12.3. The summed E-state index contributed by atoms with van der Waals surface area (Å²) in [5.74, 6) is 0.0812. The summed E-state index contributed by atoms with van der Waals surface area (Å²) in [5.41, 5.74) is 5.24. The molecule has 1 aliphatic rings. The van der Waals surface area contributed by atoms with Gasteiger partial charge >= 0.3 is 0 Å². The van der Waals surface area contributed by atoms with E-state index in [1.54, 1.807) is 0 Å². The van der Waals surface area contributed by atoms with Gasteiger partial charge in [0.15, 0.2) is 0 Å². The van der Waals surface area contributed by atoms with Gasteiger partial charge in [-0.05, 0) is 49.8 Å². The molecule has 21 heavy (non-hydrogen) atoms. The minimum absolute atomic E-state index is 0.0482. The molecule has 0 unspecified atom stereocenters. The highest BCUT2D eigenvalue weighted by atomic mass is 32.2. The summed E-state index contributed by atoms with van der Waals surface area (Å²) in [4.78, 5) is -0.0482. The maximum atomic E-state index is 13.2. The fourth-order valence-electron chi connectivity index (χ4n) is 2.96. The van der Waals surface area contributed by atoms with Crippen LogP contribution in [0.3, 0.4) is 0 Å². The summed E-state index contributed by atoms with van der Waals surface area (Å²) in [7, 11) is -3.75. The van der Waals surface area contributed by atoms with Crippen LogP contribution in [-0.4, -0.2) is 20.5 Å². The van der Waals surface area contributed by atoms with Crippen molar-refractivity contribution in [3.63, 3.8) is 0 Å². The average Bonchev–Trinajstić information content (AvgIpc) is 2.47. The Balaban J connectivity index is 2.18. The van der Waals surface area contributed by atoms with Crippen molar-refractivity contribution in [1.82, 2.24) is 4.72 Å². The molecule has 0 radical (unpaired) electrons. The van der Waals surface area contributed by atoms with Crippen molar-refractivity contribution in [2.24, 2.45) is 11.7 Å². The predicted molar refractivity (Wildman–Crippen MR) is 80.8 cm³/mol. The Morgan fingerprint density at radius 2 is 2.05 bits per heavy atom. The van der Waals surface area contributed by atoms with Gasteiger partial charge in [-0.15, -0.1) is 0 Å². The van der Waals surface area contributed by atoms with Gasteiger partial charge in [0.25, 0.3) is 0 Å². The lowest BCUT2D eigenvalue weighted by molar-refractivity contribution is 0.217. The molecule has 0 amide bonds. The van der Waals surface area contributed by atoms with E-state index in [-0.39, 0.29) is 11.4 Å². The molecule has 0 saturated heterocycles. The largest absolute Gasteiger partial charge is 0.329 e. The maximum absolute atomic E-state index is 13.2. The van der Waals surface area contributed by atoms with Gasteiger partial charge in [-0.2, -0.15) is 0 Å². The van der Waals surface area contributed by atoms with E-state index in [4.69, 9.17) is 5.73 Å². The van der Waals surface area contributed by atoms with Crippen molar-refractivity contribution >= 4 is 10.0 Å². The molecular weight excluding hydrogens is 291 g/mol. The van der Waals surface area contributed by atoms with Gasteiger partial charge in [0.1, 0.15) is 5.82 Å². The third-order valence-corrected chi connectivity index (χ3v) is 6.06. The van der Waals surface area contributed by atoms with Crippen LogP contribution in [0.1, 0.15) is 39.0 Å².